The molecule has 0 amide bonds. The molecule has 2 nitrogen and oxygen atoms in total. The van der Waals surface area contributed by atoms with Gasteiger partial charge in [-0.25, -0.2) is 0 Å². The first kappa shape index (κ1) is 15.1. The van der Waals surface area contributed by atoms with Crippen molar-refractivity contribution in [2.45, 2.75) is 71.8 Å². The van der Waals surface area contributed by atoms with E-state index in [-0.39, 0.29) is 0 Å². The Morgan fingerprint density at radius 2 is 1.90 bits per heavy atom. The molecule has 0 bridgehead atoms. The molecule has 0 aliphatic heterocycles. The van der Waals surface area contributed by atoms with E-state index in [9.17, 15) is 0 Å². The van der Waals surface area contributed by atoms with Crippen molar-refractivity contribution in [2.24, 2.45) is 17.8 Å². The van der Waals surface area contributed by atoms with Crippen molar-refractivity contribution in [3.05, 3.63) is 23.2 Å². The molecule has 4 unspecified atom stereocenters. The molecule has 2 saturated carbocycles. The number of furan rings is 1. The normalized spacial score (nSPS) is 30.9. The van der Waals surface area contributed by atoms with Crippen molar-refractivity contribution >= 4 is 0 Å². The fourth-order valence-electron chi connectivity index (χ4n) is 4.92. The summed E-state index contributed by atoms with van der Waals surface area (Å²) in [5.74, 6) is 4.98. The lowest BCUT2D eigenvalue weighted by Gasteiger charge is -2.42. The molecule has 21 heavy (non-hydrogen) atoms. The number of fused-ring (bicyclic) bond motifs is 1. The fourth-order valence-corrected chi connectivity index (χ4v) is 4.92. The Balaban J connectivity index is 1.76. The molecule has 2 aliphatic rings. The summed E-state index contributed by atoms with van der Waals surface area (Å²) in [5.41, 5.74) is 1.41. The van der Waals surface area contributed by atoms with Crippen LogP contribution in [0.5, 0.6) is 0 Å². The van der Waals surface area contributed by atoms with E-state index in [0.29, 0.717) is 6.04 Å². The van der Waals surface area contributed by atoms with Gasteiger partial charge in [0.2, 0.25) is 0 Å². The fraction of sp³-hybridized carbons (Fsp3) is 0.789. The summed E-state index contributed by atoms with van der Waals surface area (Å²) in [6, 6.07) is 2.76. The average Bonchev–Trinajstić information content (AvgIpc) is 2.83. The third-order valence-corrected chi connectivity index (χ3v) is 5.89. The zero-order valence-electron chi connectivity index (χ0n) is 14.0. The Morgan fingerprint density at radius 1 is 1.14 bits per heavy atom. The van der Waals surface area contributed by atoms with Crippen molar-refractivity contribution in [2.75, 3.05) is 6.54 Å². The second kappa shape index (κ2) is 6.56. The largest absolute Gasteiger partial charge is 0.466 e. The highest BCUT2D eigenvalue weighted by atomic mass is 16.3. The Bertz CT molecular complexity index is 464. The lowest BCUT2D eigenvalue weighted by Crippen LogP contribution is -2.35. The van der Waals surface area contributed by atoms with E-state index in [1.165, 1.54) is 50.5 Å². The van der Waals surface area contributed by atoms with Gasteiger partial charge in [-0.3, -0.25) is 0 Å². The molecular weight excluding hydrogens is 258 g/mol. The summed E-state index contributed by atoms with van der Waals surface area (Å²) in [4.78, 5) is 0. The quantitative estimate of drug-likeness (QED) is 0.829. The van der Waals surface area contributed by atoms with E-state index in [1.54, 1.807) is 0 Å². The van der Waals surface area contributed by atoms with Crippen LogP contribution in [-0.4, -0.2) is 6.54 Å². The summed E-state index contributed by atoms with van der Waals surface area (Å²) in [6.07, 6.45) is 10.2. The zero-order valence-corrected chi connectivity index (χ0v) is 14.0. The molecule has 4 atom stereocenters. The van der Waals surface area contributed by atoms with Crippen molar-refractivity contribution in [1.29, 1.82) is 0 Å². The number of nitrogens with one attached hydrogen (secondary N) is 1. The van der Waals surface area contributed by atoms with Crippen molar-refractivity contribution in [3.63, 3.8) is 0 Å². The van der Waals surface area contributed by atoms with Gasteiger partial charge in [0, 0.05) is 11.6 Å². The van der Waals surface area contributed by atoms with Gasteiger partial charge in [0.25, 0.3) is 0 Å². The van der Waals surface area contributed by atoms with E-state index in [2.05, 4.69) is 32.2 Å². The van der Waals surface area contributed by atoms with Gasteiger partial charge in [-0.2, -0.15) is 0 Å². The minimum absolute atomic E-state index is 0.496. The summed E-state index contributed by atoms with van der Waals surface area (Å²) < 4.78 is 5.80. The first-order chi connectivity index (χ1) is 10.2. The predicted octanol–water partition coefficient (Wildman–Crippen LogP) is 5.15. The summed E-state index contributed by atoms with van der Waals surface area (Å²) >= 11 is 0. The second-order valence-corrected chi connectivity index (χ2v) is 7.28. The zero-order chi connectivity index (χ0) is 14.8. The lowest BCUT2D eigenvalue weighted by molar-refractivity contribution is 0.109. The van der Waals surface area contributed by atoms with E-state index in [4.69, 9.17) is 4.42 Å². The maximum absolute atomic E-state index is 5.80. The Kier molecular flexibility index (Phi) is 4.73. The molecule has 0 radical (unpaired) electrons. The first-order valence-corrected chi connectivity index (χ1v) is 8.99. The number of aryl methyl sites for hydroxylation is 2. The molecule has 1 aromatic heterocycles. The molecule has 2 heteroatoms. The summed E-state index contributed by atoms with van der Waals surface area (Å²) in [6.45, 7) is 7.46. The summed E-state index contributed by atoms with van der Waals surface area (Å²) in [7, 11) is 0. The third kappa shape index (κ3) is 3.21. The molecular formula is C19H31NO. The topological polar surface area (TPSA) is 25.2 Å². The average molecular weight is 289 g/mol. The molecule has 0 aromatic carbocycles. The van der Waals surface area contributed by atoms with Crippen LogP contribution in [-0.2, 0) is 0 Å². The van der Waals surface area contributed by atoms with Crippen molar-refractivity contribution < 1.29 is 4.42 Å². The molecule has 2 fully saturated rings. The minimum Gasteiger partial charge on any atom is -0.466 e. The van der Waals surface area contributed by atoms with Gasteiger partial charge >= 0.3 is 0 Å². The number of rotatable bonds is 4. The monoisotopic (exact) mass is 289 g/mol. The van der Waals surface area contributed by atoms with Gasteiger partial charge in [0.05, 0.1) is 0 Å². The number of hydrogen-bond donors (Lipinski definition) is 1. The van der Waals surface area contributed by atoms with E-state index < -0.39 is 0 Å². The van der Waals surface area contributed by atoms with E-state index in [1.807, 2.05) is 0 Å². The standard InChI is InChI=1S/C19H31NO/c1-4-20-19(18-11-13(2)21-14(18)3)17-10-9-15-7-5-6-8-16(15)12-17/h11,15-17,19-20H,4-10,12H2,1-3H3. The van der Waals surface area contributed by atoms with Gasteiger partial charge in [-0.1, -0.05) is 32.6 Å². The SMILES string of the molecule is CCNC(c1cc(C)oc1C)C1CCC2CCCCC2C1. The van der Waals surface area contributed by atoms with Crippen LogP contribution in [0.15, 0.2) is 10.5 Å². The van der Waals surface area contributed by atoms with Gasteiger partial charge < -0.3 is 9.73 Å². The maximum Gasteiger partial charge on any atom is 0.105 e. The molecule has 118 valence electrons. The van der Waals surface area contributed by atoms with Crippen LogP contribution in [0.25, 0.3) is 0 Å². The second-order valence-electron chi connectivity index (χ2n) is 7.28. The molecule has 0 saturated heterocycles. The van der Waals surface area contributed by atoms with Crippen LogP contribution in [0.3, 0.4) is 0 Å². The highest BCUT2D eigenvalue weighted by molar-refractivity contribution is 5.25. The van der Waals surface area contributed by atoms with Crippen LogP contribution in [0.4, 0.5) is 0 Å². The lowest BCUT2D eigenvalue weighted by atomic mass is 9.65. The van der Waals surface area contributed by atoms with E-state index in [0.717, 1.165) is 35.8 Å². The highest BCUT2D eigenvalue weighted by Gasteiger charge is 2.36. The smallest absolute Gasteiger partial charge is 0.105 e. The molecule has 0 spiro atoms. The molecule has 1 heterocycles. The van der Waals surface area contributed by atoms with Gasteiger partial charge in [-0.15, -0.1) is 0 Å². The molecule has 1 aromatic rings. The molecule has 2 aliphatic carbocycles. The van der Waals surface area contributed by atoms with Crippen molar-refractivity contribution in [3.8, 4) is 0 Å². The first-order valence-electron chi connectivity index (χ1n) is 8.99. The maximum atomic E-state index is 5.80. The number of hydrogen-bond acceptors (Lipinski definition) is 2. The van der Waals surface area contributed by atoms with Crippen LogP contribution in [0.1, 0.15) is 75.0 Å². The molecule has 1 N–H and O–H groups in total. The Morgan fingerprint density at radius 3 is 2.57 bits per heavy atom. The molecule has 3 rings (SSSR count). The van der Waals surface area contributed by atoms with Gasteiger partial charge in [0.15, 0.2) is 0 Å². The third-order valence-electron chi connectivity index (χ3n) is 5.89. The predicted molar refractivity (Wildman–Crippen MR) is 87.4 cm³/mol. The van der Waals surface area contributed by atoms with Crippen LogP contribution >= 0.6 is 0 Å². The Labute approximate surface area is 129 Å². The minimum atomic E-state index is 0.496. The Hall–Kier alpha value is -0.760. The van der Waals surface area contributed by atoms with Crippen LogP contribution in [0.2, 0.25) is 0 Å². The summed E-state index contributed by atoms with van der Waals surface area (Å²) in [5, 5.41) is 3.76. The van der Waals surface area contributed by atoms with Gasteiger partial charge in [0.1, 0.15) is 11.5 Å². The highest BCUT2D eigenvalue weighted by Crippen LogP contribution is 2.46. The van der Waals surface area contributed by atoms with Crippen LogP contribution in [0, 0.1) is 31.6 Å². The van der Waals surface area contributed by atoms with E-state index >= 15 is 0 Å². The van der Waals surface area contributed by atoms with Crippen LogP contribution < -0.4 is 5.32 Å². The van der Waals surface area contributed by atoms with Crippen molar-refractivity contribution in [1.82, 2.24) is 5.32 Å². The van der Waals surface area contributed by atoms with Gasteiger partial charge in [-0.05, 0) is 63.5 Å².